The van der Waals surface area contributed by atoms with E-state index in [4.69, 9.17) is 5.11 Å². The lowest BCUT2D eigenvalue weighted by Gasteiger charge is -2.30. The Hall–Kier alpha value is -1.65. The number of nitrogens with zero attached hydrogens (tertiary/aromatic N) is 3. The van der Waals surface area contributed by atoms with Crippen molar-refractivity contribution in [3.8, 4) is 0 Å². The Morgan fingerprint density at radius 1 is 1.50 bits per heavy atom. The van der Waals surface area contributed by atoms with Gasteiger partial charge in [0.15, 0.2) is 0 Å². The maximum absolute atomic E-state index is 10.6. The fraction of sp³-hybridized carbons (Fsp3) is 0.545. The number of rotatable bonds is 4. The van der Waals surface area contributed by atoms with Gasteiger partial charge in [0, 0.05) is 26.0 Å². The largest absolute Gasteiger partial charge is 0.478 e. The zero-order valence-corrected chi connectivity index (χ0v) is 9.26. The molecule has 1 aromatic rings. The number of carboxylic acid groups (broad SMARTS) is 1. The number of carbonyl (C=O) groups is 1. The van der Waals surface area contributed by atoms with Gasteiger partial charge in [0.1, 0.15) is 0 Å². The van der Waals surface area contributed by atoms with Gasteiger partial charge < -0.3 is 10.0 Å². The van der Waals surface area contributed by atoms with Crippen molar-refractivity contribution < 1.29 is 9.90 Å². The van der Waals surface area contributed by atoms with E-state index in [-0.39, 0.29) is 5.56 Å². The Bertz CT molecular complexity index is 373. The van der Waals surface area contributed by atoms with Crippen molar-refractivity contribution in [1.29, 1.82) is 0 Å². The molecule has 0 aromatic carbocycles. The molecule has 5 heteroatoms. The number of hydrogen-bond acceptors (Lipinski definition) is 4. The highest BCUT2D eigenvalue weighted by Crippen LogP contribution is 2.27. The first-order chi connectivity index (χ1) is 7.66. The third kappa shape index (κ3) is 2.29. The molecule has 0 saturated heterocycles. The molecule has 1 N–H and O–H groups in total. The lowest BCUT2D eigenvalue weighted by molar-refractivity contribution is 0.0696. The first-order valence-electron chi connectivity index (χ1n) is 5.43. The predicted octanol–water partition coefficient (Wildman–Crippen LogP) is 1.41. The summed E-state index contributed by atoms with van der Waals surface area (Å²) in [4.78, 5) is 20.7. The van der Waals surface area contributed by atoms with Crippen LogP contribution in [0.2, 0.25) is 0 Å². The molecule has 1 aliphatic rings. The van der Waals surface area contributed by atoms with E-state index in [1.807, 2.05) is 11.9 Å². The van der Waals surface area contributed by atoms with Crippen LogP contribution in [0.5, 0.6) is 0 Å². The molecule has 1 aromatic heterocycles. The normalized spacial score (nSPS) is 15.6. The summed E-state index contributed by atoms with van der Waals surface area (Å²) in [6.45, 7) is 0.951. The minimum Gasteiger partial charge on any atom is -0.478 e. The summed E-state index contributed by atoms with van der Waals surface area (Å²) in [5.74, 6) is 0.345. The molecule has 0 unspecified atom stereocenters. The number of carboxylic acids is 1. The molecule has 5 nitrogen and oxygen atoms in total. The van der Waals surface area contributed by atoms with Crippen molar-refractivity contribution in [2.45, 2.75) is 19.3 Å². The fourth-order valence-corrected chi connectivity index (χ4v) is 1.77. The first-order valence-corrected chi connectivity index (χ1v) is 5.43. The number of aromatic nitrogens is 2. The monoisotopic (exact) mass is 221 g/mol. The van der Waals surface area contributed by atoms with Gasteiger partial charge in [0.25, 0.3) is 0 Å². The van der Waals surface area contributed by atoms with Gasteiger partial charge in [0.05, 0.1) is 5.56 Å². The molecule has 1 fully saturated rings. The SMILES string of the molecule is CN(CC1CCC1)c1ncc(C(=O)O)cn1. The summed E-state index contributed by atoms with van der Waals surface area (Å²) in [5.41, 5.74) is 0.126. The summed E-state index contributed by atoms with van der Waals surface area (Å²) in [6, 6.07) is 0. The van der Waals surface area contributed by atoms with E-state index in [0.29, 0.717) is 5.95 Å². The second-order valence-corrected chi connectivity index (χ2v) is 4.25. The zero-order chi connectivity index (χ0) is 11.5. The number of hydrogen-bond donors (Lipinski definition) is 1. The summed E-state index contributed by atoms with van der Waals surface area (Å²) in [6.07, 6.45) is 6.57. The second-order valence-electron chi connectivity index (χ2n) is 4.25. The van der Waals surface area contributed by atoms with Crippen LogP contribution in [-0.4, -0.2) is 34.6 Å². The molecule has 0 spiro atoms. The van der Waals surface area contributed by atoms with Crippen molar-refractivity contribution in [2.75, 3.05) is 18.5 Å². The molecule has 16 heavy (non-hydrogen) atoms. The lowest BCUT2D eigenvalue weighted by atomic mass is 9.85. The second kappa shape index (κ2) is 4.47. The van der Waals surface area contributed by atoms with Crippen LogP contribution in [0.25, 0.3) is 0 Å². The fourth-order valence-electron chi connectivity index (χ4n) is 1.77. The third-order valence-electron chi connectivity index (χ3n) is 2.98. The first kappa shape index (κ1) is 10.9. The summed E-state index contributed by atoms with van der Waals surface area (Å²) < 4.78 is 0. The number of anilines is 1. The van der Waals surface area contributed by atoms with Crippen LogP contribution in [-0.2, 0) is 0 Å². The minimum atomic E-state index is -0.992. The molecule has 1 saturated carbocycles. The Labute approximate surface area is 94.1 Å². The van der Waals surface area contributed by atoms with Gasteiger partial charge in [-0.2, -0.15) is 0 Å². The molecular weight excluding hydrogens is 206 g/mol. The van der Waals surface area contributed by atoms with Crippen LogP contribution in [0.15, 0.2) is 12.4 Å². The van der Waals surface area contributed by atoms with Crippen LogP contribution < -0.4 is 4.90 Å². The Morgan fingerprint density at radius 2 is 2.12 bits per heavy atom. The molecule has 86 valence electrons. The topological polar surface area (TPSA) is 66.3 Å². The van der Waals surface area contributed by atoms with E-state index in [1.54, 1.807) is 0 Å². The zero-order valence-electron chi connectivity index (χ0n) is 9.26. The summed E-state index contributed by atoms with van der Waals surface area (Å²) in [5, 5.41) is 8.71. The van der Waals surface area contributed by atoms with Crippen LogP contribution in [0.3, 0.4) is 0 Å². The van der Waals surface area contributed by atoms with Crippen molar-refractivity contribution in [2.24, 2.45) is 5.92 Å². The van der Waals surface area contributed by atoms with Crippen LogP contribution in [0.4, 0.5) is 5.95 Å². The molecule has 1 aliphatic carbocycles. The maximum Gasteiger partial charge on any atom is 0.338 e. The molecule has 2 rings (SSSR count). The Morgan fingerprint density at radius 3 is 2.56 bits per heavy atom. The highest BCUT2D eigenvalue weighted by molar-refractivity contribution is 5.86. The van der Waals surface area contributed by atoms with Crippen LogP contribution >= 0.6 is 0 Å². The van der Waals surface area contributed by atoms with E-state index in [1.165, 1.54) is 31.7 Å². The van der Waals surface area contributed by atoms with Crippen molar-refractivity contribution in [1.82, 2.24) is 9.97 Å². The van der Waals surface area contributed by atoms with Crippen molar-refractivity contribution >= 4 is 11.9 Å². The highest BCUT2D eigenvalue weighted by atomic mass is 16.4. The third-order valence-corrected chi connectivity index (χ3v) is 2.98. The van der Waals surface area contributed by atoms with E-state index in [0.717, 1.165) is 12.5 Å². The minimum absolute atomic E-state index is 0.126. The molecule has 0 bridgehead atoms. The van der Waals surface area contributed by atoms with Crippen LogP contribution in [0.1, 0.15) is 29.6 Å². The average molecular weight is 221 g/mol. The van der Waals surface area contributed by atoms with Gasteiger partial charge in [-0.15, -0.1) is 0 Å². The van der Waals surface area contributed by atoms with Gasteiger partial charge in [-0.3, -0.25) is 0 Å². The van der Waals surface area contributed by atoms with Gasteiger partial charge >= 0.3 is 5.97 Å². The highest BCUT2D eigenvalue weighted by Gasteiger charge is 2.20. The smallest absolute Gasteiger partial charge is 0.338 e. The Kier molecular flexibility index (Phi) is 3.03. The van der Waals surface area contributed by atoms with Crippen molar-refractivity contribution in [3.05, 3.63) is 18.0 Å². The number of aromatic carboxylic acids is 1. The van der Waals surface area contributed by atoms with E-state index in [2.05, 4.69) is 9.97 Å². The molecule has 0 aliphatic heterocycles. The molecule has 0 radical (unpaired) electrons. The average Bonchev–Trinajstić information content (AvgIpc) is 2.23. The predicted molar refractivity (Wildman–Crippen MR) is 59.6 cm³/mol. The maximum atomic E-state index is 10.6. The lowest BCUT2D eigenvalue weighted by Crippen LogP contribution is -2.30. The van der Waals surface area contributed by atoms with E-state index in [9.17, 15) is 4.79 Å². The summed E-state index contributed by atoms with van der Waals surface area (Å²) >= 11 is 0. The van der Waals surface area contributed by atoms with Gasteiger partial charge in [-0.05, 0) is 18.8 Å². The molecule has 1 heterocycles. The van der Waals surface area contributed by atoms with Gasteiger partial charge in [-0.25, -0.2) is 14.8 Å². The molecule has 0 atom stereocenters. The van der Waals surface area contributed by atoms with Crippen LogP contribution in [0, 0.1) is 5.92 Å². The van der Waals surface area contributed by atoms with Gasteiger partial charge in [-0.1, -0.05) is 6.42 Å². The van der Waals surface area contributed by atoms with E-state index >= 15 is 0 Å². The standard InChI is InChI=1S/C11H15N3O2/c1-14(7-8-3-2-4-8)11-12-5-9(6-13-11)10(15)16/h5-6,8H,2-4,7H2,1H3,(H,15,16). The molecular formula is C11H15N3O2. The quantitative estimate of drug-likeness (QED) is 0.832. The van der Waals surface area contributed by atoms with Crippen molar-refractivity contribution in [3.63, 3.8) is 0 Å². The molecule has 0 amide bonds. The Balaban J connectivity index is 1.99. The van der Waals surface area contributed by atoms with E-state index < -0.39 is 5.97 Å². The van der Waals surface area contributed by atoms with Gasteiger partial charge in [0.2, 0.25) is 5.95 Å². The summed E-state index contributed by atoms with van der Waals surface area (Å²) in [7, 11) is 1.94.